The Morgan fingerprint density at radius 1 is 1.39 bits per heavy atom. The fourth-order valence-corrected chi connectivity index (χ4v) is 1.32. The molecule has 0 heterocycles. The molecule has 1 rings (SSSR count). The minimum Gasteiger partial charge on any atom is -0.484 e. The largest absolute Gasteiger partial charge is 0.484 e. The van der Waals surface area contributed by atoms with Crippen molar-refractivity contribution in [2.75, 3.05) is 6.61 Å². The quantitative estimate of drug-likeness (QED) is 0.876. The highest BCUT2D eigenvalue weighted by atomic mass is 19.1. The van der Waals surface area contributed by atoms with Crippen molar-refractivity contribution in [3.05, 3.63) is 29.6 Å². The third kappa shape index (κ3) is 4.35. The monoisotopic (exact) mass is 253 g/mol. The maximum atomic E-state index is 13.0. The Kier molecular flexibility index (Phi) is 5.13. The average Bonchev–Trinajstić information content (AvgIpc) is 2.30. The fraction of sp³-hybridized carbons (Fsp3) is 0.500. The van der Waals surface area contributed by atoms with Crippen LogP contribution in [0.15, 0.2) is 18.2 Å². The van der Waals surface area contributed by atoms with Gasteiger partial charge in [-0.25, -0.2) is 4.39 Å². The molecule has 0 saturated heterocycles. The summed E-state index contributed by atoms with van der Waals surface area (Å²) >= 11 is 0. The second-order valence-electron chi connectivity index (χ2n) is 4.80. The Morgan fingerprint density at radius 3 is 2.61 bits per heavy atom. The molecule has 0 aliphatic carbocycles. The molecule has 3 nitrogen and oxygen atoms in total. The minimum absolute atomic E-state index is 0.0534. The molecule has 1 aromatic rings. The maximum Gasteiger partial charge on any atom is 0.258 e. The van der Waals surface area contributed by atoms with E-state index >= 15 is 0 Å². The van der Waals surface area contributed by atoms with Crippen LogP contribution in [0.25, 0.3) is 0 Å². The van der Waals surface area contributed by atoms with Crippen molar-refractivity contribution < 1.29 is 13.9 Å². The lowest BCUT2D eigenvalue weighted by atomic mass is 10.1. The smallest absolute Gasteiger partial charge is 0.258 e. The van der Waals surface area contributed by atoms with Crippen LogP contribution in [0, 0.1) is 18.7 Å². The summed E-state index contributed by atoms with van der Waals surface area (Å²) in [4.78, 5) is 11.6. The van der Waals surface area contributed by atoms with Crippen molar-refractivity contribution in [2.45, 2.75) is 33.7 Å². The van der Waals surface area contributed by atoms with E-state index in [0.29, 0.717) is 17.2 Å². The molecule has 0 aliphatic heterocycles. The van der Waals surface area contributed by atoms with Gasteiger partial charge in [-0.05, 0) is 43.5 Å². The molecule has 1 unspecified atom stereocenters. The number of carbonyl (C=O) groups excluding carboxylic acids is 1. The van der Waals surface area contributed by atoms with E-state index < -0.39 is 0 Å². The van der Waals surface area contributed by atoms with E-state index in [1.54, 1.807) is 13.0 Å². The molecule has 0 bridgehead atoms. The van der Waals surface area contributed by atoms with Gasteiger partial charge in [-0.3, -0.25) is 4.79 Å². The standard InChI is InChI=1S/C14H20FNO2/c1-9(2)11(4)16-14(17)8-18-12-5-6-13(15)10(3)7-12/h5-7,9,11H,8H2,1-4H3,(H,16,17). The van der Waals surface area contributed by atoms with Crippen molar-refractivity contribution in [1.82, 2.24) is 5.32 Å². The van der Waals surface area contributed by atoms with Crippen LogP contribution in [-0.4, -0.2) is 18.6 Å². The van der Waals surface area contributed by atoms with Crippen molar-refractivity contribution in [3.8, 4) is 5.75 Å². The summed E-state index contributed by atoms with van der Waals surface area (Å²) in [6, 6.07) is 4.53. The van der Waals surface area contributed by atoms with Gasteiger partial charge in [0.05, 0.1) is 0 Å². The Labute approximate surface area is 107 Å². The Morgan fingerprint density at radius 2 is 2.06 bits per heavy atom. The van der Waals surface area contributed by atoms with Gasteiger partial charge in [0.1, 0.15) is 11.6 Å². The third-order valence-corrected chi connectivity index (χ3v) is 2.89. The number of amides is 1. The van der Waals surface area contributed by atoms with E-state index in [9.17, 15) is 9.18 Å². The predicted molar refractivity (Wildman–Crippen MR) is 69.1 cm³/mol. The Balaban J connectivity index is 2.45. The Bertz CT molecular complexity index is 418. The summed E-state index contributed by atoms with van der Waals surface area (Å²) in [5.74, 6) is 0.432. The van der Waals surface area contributed by atoms with Gasteiger partial charge in [0.2, 0.25) is 0 Å². The van der Waals surface area contributed by atoms with Crippen molar-refractivity contribution in [1.29, 1.82) is 0 Å². The van der Waals surface area contributed by atoms with Crippen molar-refractivity contribution >= 4 is 5.91 Å². The fourth-order valence-electron chi connectivity index (χ4n) is 1.32. The molecule has 1 atom stereocenters. The molecule has 0 radical (unpaired) electrons. The van der Waals surface area contributed by atoms with Gasteiger partial charge in [-0.15, -0.1) is 0 Å². The van der Waals surface area contributed by atoms with Gasteiger partial charge in [0, 0.05) is 6.04 Å². The number of benzene rings is 1. The number of nitrogens with one attached hydrogen (secondary N) is 1. The second kappa shape index (κ2) is 6.38. The first-order chi connectivity index (χ1) is 8.40. The normalized spacial score (nSPS) is 12.3. The van der Waals surface area contributed by atoms with Crippen LogP contribution in [0.4, 0.5) is 4.39 Å². The first kappa shape index (κ1) is 14.5. The zero-order valence-corrected chi connectivity index (χ0v) is 11.3. The van der Waals surface area contributed by atoms with E-state index in [2.05, 4.69) is 5.32 Å². The van der Waals surface area contributed by atoms with E-state index in [-0.39, 0.29) is 24.4 Å². The number of aryl methyl sites for hydroxylation is 1. The third-order valence-electron chi connectivity index (χ3n) is 2.89. The van der Waals surface area contributed by atoms with Crippen LogP contribution < -0.4 is 10.1 Å². The average molecular weight is 253 g/mol. The van der Waals surface area contributed by atoms with E-state index in [1.807, 2.05) is 20.8 Å². The zero-order valence-electron chi connectivity index (χ0n) is 11.3. The summed E-state index contributed by atoms with van der Waals surface area (Å²) in [6.07, 6.45) is 0. The summed E-state index contributed by atoms with van der Waals surface area (Å²) < 4.78 is 18.3. The van der Waals surface area contributed by atoms with Crippen LogP contribution in [0.3, 0.4) is 0 Å². The highest BCUT2D eigenvalue weighted by molar-refractivity contribution is 5.77. The van der Waals surface area contributed by atoms with Gasteiger partial charge >= 0.3 is 0 Å². The lowest BCUT2D eigenvalue weighted by molar-refractivity contribution is -0.124. The number of hydrogen-bond donors (Lipinski definition) is 1. The molecule has 0 spiro atoms. The molecule has 0 fully saturated rings. The number of hydrogen-bond acceptors (Lipinski definition) is 2. The van der Waals surface area contributed by atoms with Crippen molar-refractivity contribution in [2.24, 2.45) is 5.92 Å². The van der Waals surface area contributed by atoms with Crippen LogP contribution in [-0.2, 0) is 4.79 Å². The van der Waals surface area contributed by atoms with Crippen LogP contribution >= 0.6 is 0 Å². The Hall–Kier alpha value is -1.58. The molecule has 0 aliphatic rings. The van der Waals surface area contributed by atoms with Crippen LogP contribution in [0.2, 0.25) is 0 Å². The maximum absolute atomic E-state index is 13.0. The summed E-state index contributed by atoms with van der Waals surface area (Å²) in [6.45, 7) is 7.63. The highest BCUT2D eigenvalue weighted by Gasteiger charge is 2.11. The molecule has 1 N–H and O–H groups in total. The molecule has 1 amide bonds. The topological polar surface area (TPSA) is 38.3 Å². The van der Waals surface area contributed by atoms with E-state index in [4.69, 9.17) is 4.74 Å². The van der Waals surface area contributed by atoms with Crippen LogP contribution in [0.1, 0.15) is 26.3 Å². The van der Waals surface area contributed by atoms with Crippen LogP contribution in [0.5, 0.6) is 5.75 Å². The molecule has 1 aromatic carbocycles. The molecule has 18 heavy (non-hydrogen) atoms. The SMILES string of the molecule is Cc1cc(OCC(=O)NC(C)C(C)C)ccc1F. The molecule has 4 heteroatoms. The van der Waals surface area contributed by atoms with Crippen molar-refractivity contribution in [3.63, 3.8) is 0 Å². The summed E-state index contributed by atoms with van der Waals surface area (Å²) in [5, 5.41) is 2.84. The molecule has 100 valence electrons. The zero-order chi connectivity index (χ0) is 13.7. The number of carbonyl (C=O) groups is 1. The second-order valence-corrected chi connectivity index (χ2v) is 4.80. The van der Waals surface area contributed by atoms with E-state index in [0.717, 1.165) is 0 Å². The predicted octanol–water partition coefficient (Wildman–Crippen LogP) is 2.67. The molecular formula is C14H20FNO2. The number of halogens is 1. The molecule has 0 aromatic heterocycles. The summed E-state index contributed by atoms with van der Waals surface area (Å²) in [5.41, 5.74) is 0.503. The lowest BCUT2D eigenvalue weighted by Crippen LogP contribution is -2.38. The van der Waals surface area contributed by atoms with Gasteiger partial charge in [-0.2, -0.15) is 0 Å². The van der Waals surface area contributed by atoms with Gasteiger partial charge < -0.3 is 10.1 Å². The molecule has 0 saturated carbocycles. The minimum atomic E-state index is -0.278. The van der Waals surface area contributed by atoms with Gasteiger partial charge in [-0.1, -0.05) is 13.8 Å². The van der Waals surface area contributed by atoms with Gasteiger partial charge in [0.25, 0.3) is 5.91 Å². The van der Waals surface area contributed by atoms with E-state index in [1.165, 1.54) is 12.1 Å². The molecular weight excluding hydrogens is 233 g/mol. The first-order valence-electron chi connectivity index (χ1n) is 6.08. The lowest BCUT2D eigenvalue weighted by Gasteiger charge is -2.17. The number of rotatable bonds is 5. The first-order valence-corrected chi connectivity index (χ1v) is 6.08. The summed E-state index contributed by atoms with van der Waals surface area (Å²) in [7, 11) is 0. The highest BCUT2D eigenvalue weighted by Crippen LogP contribution is 2.15. The number of ether oxygens (including phenoxy) is 1. The van der Waals surface area contributed by atoms with Gasteiger partial charge in [0.15, 0.2) is 6.61 Å².